The molecule has 102 valence electrons. The van der Waals surface area contributed by atoms with E-state index in [1.165, 1.54) is 12.1 Å². The molecular weight excluding hydrogens is 262 g/mol. The monoisotopic (exact) mass is 274 g/mol. The van der Waals surface area contributed by atoms with Gasteiger partial charge in [-0.1, -0.05) is 30.3 Å². The number of alkyl halides is 2. The summed E-state index contributed by atoms with van der Waals surface area (Å²) in [4.78, 5) is 12.1. The molecule has 0 N–H and O–H groups in total. The van der Waals surface area contributed by atoms with E-state index in [0.29, 0.717) is 16.9 Å². The molecule has 0 saturated heterocycles. The van der Waals surface area contributed by atoms with Crippen LogP contribution in [0.5, 0.6) is 5.75 Å². The van der Waals surface area contributed by atoms with E-state index in [9.17, 15) is 13.6 Å². The highest BCUT2D eigenvalue weighted by Crippen LogP contribution is 2.35. The zero-order chi connectivity index (χ0) is 14.1. The lowest BCUT2D eigenvalue weighted by molar-refractivity contribution is 0.0849. The first-order valence-electron chi connectivity index (χ1n) is 6.32. The minimum absolute atomic E-state index is 0.0284. The fourth-order valence-corrected chi connectivity index (χ4v) is 2.35. The van der Waals surface area contributed by atoms with Gasteiger partial charge in [-0.15, -0.1) is 0 Å². The van der Waals surface area contributed by atoms with Crippen molar-refractivity contribution in [3.63, 3.8) is 0 Å². The molecule has 1 heterocycles. The molecule has 0 saturated carbocycles. The van der Waals surface area contributed by atoms with Crippen LogP contribution in [-0.4, -0.2) is 5.78 Å². The van der Waals surface area contributed by atoms with E-state index < -0.39 is 12.5 Å². The van der Waals surface area contributed by atoms with Crippen LogP contribution >= 0.6 is 0 Å². The van der Waals surface area contributed by atoms with Crippen LogP contribution in [0.3, 0.4) is 0 Å². The van der Waals surface area contributed by atoms with Gasteiger partial charge in [-0.2, -0.15) is 0 Å². The number of carbonyl (C=O) groups excluding carboxylic acids is 1. The van der Waals surface area contributed by atoms with Crippen molar-refractivity contribution < 1.29 is 18.3 Å². The molecule has 2 aromatic carbocycles. The smallest absolute Gasteiger partial charge is 0.263 e. The first kappa shape index (κ1) is 12.8. The fraction of sp³-hybridized carbons (Fsp3) is 0.188. The molecule has 1 aliphatic heterocycles. The Labute approximate surface area is 115 Å². The van der Waals surface area contributed by atoms with E-state index in [0.717, 1.165) is 0 Å². The van der Waals surface area contributed by atoms with Crippen molar-refractivity contribution in [3.8, 4) is 5.75 Å². The zero-order valence-electron chi connectivity index (χ0n) is 10.6. The number of hydrogen-bond donors (Lipinski definition) is 0. The standard InChI is InChI=1S/C16H12F2O2/c17-16(18)11-5-3-4-10(8-11)15-9-13(19)12-6-1-2-7-14(12)20-15/h1-8,15-16H,9H2. The highest BCUT2D eigenvalue weighted by atomic mass is 19.3. The molecule has 0 fully saturated rings. The maximum atomic E-state index is 12.7. The number of rotatable bonds is 2. The highest BCUT2D eigenvalue weighted by Gasteiger charge is 2.27. The maximum absolute atomic E-state index is 12.7. The van der Waals surface area contributed by atoms with Crippen LogP contribution in [0.1, 0.15) is 40.4 Å². The normalized spacial score (nSPS) is 17.8. The number of carbonyl (C=O) groups is 1. The molecule has 1 atom stereocenters. The van der Waals surface area contributed by atoms with E-state index in [1.54, 1.807) is 36.4 Å². The van der Waals surface area contributed by atoms with Crippen LogP contribution in [0.25, 0.3) is 0 Å². The lowest BCUT2D eigenvalue weighted by Crippen LogP contribution is -2.20. The predicted octanol–water partition coefficient (Wildman–Crippen LogP) is 4.33. The van der Waals surface area contributed by atoms with Crippen molar-refractivity contribution in [2.75, 3.05) is 0 Å². The predicted molar refractivity (Wildman–Crippen MR) is 70.2 cm³/mol. The Morgan fingerprint density at radius 2 is 1.90 bits per heavy atom. The summed E-state index contributed by atoms with van der Waals surface area (Å²) in [6, 6.07) is 13.0. The van der Waals surface area contributed by atoms with Gasteiger partial charge in [0.25, 0.3) is 6.43 Å². The van der Waals surface area contributed by atoms with Crippen molar-refractivity contribution in [2.45, 2.75) is 19.0 Å². The maximum Gasteiger partial charge on any atom is 0.263 e. The fourth-order valence-electron chi connectivity index (χ4n) is 2.35. The summed E-state index contributed by atoms with van der Waals surface area (Å²) in [7, 11) is 0. The number of ether oxygens (including phenoxy) is 1. The van der Waals surface area contributed by atoms with Gasteiger partial charge in [-0.25, -0.2) is 8.78 Å². The van der Waals surface area contributed by atoms with Gasteiger partial charge < -0.3 is 4.74 Å². The Kier molecular flexibility index (Phi) is 3.22. The molecule has 0 spiro atoms. The average Bonchev–Trinajstić information content (AvgIpc) is 2.47. The Morgan fingerprint density at radius 1 is 1.10 bits per heavy atom. The summed E-state index contributed by atoms with van der Waals surface area (Å²) in [5.41, 5.74) is 1.09. The molecule has 0 aromatic heterocycles. The summed E-state index contributed by atoms with van der Waals surface area (Å²) in [6.07, 6.45) is -2.86. The van der Waals surface area contributed by atoms with Gasteiger partial charge in [0.1, 0.15) is 11.9 Å². The van der Waals surface area contributed by atoms with Crippen molar-refractivity contribution in [3.05, 3.63) is 65.2 Å². The van der Waals surface area contributed by atoms with Gasteiger partial charge >= 0.3 is 0 Å². The van der Waals surface area contributed by atoms with Gasteiger partial charge in [0, 0.05) is 5.56 Å². The number of Topliss-reactive ketones (excluding diaryl/α,β-unsaturated/α-hetero) is 1. The minimum atomic E-state index is -2.53. The van der Waals surface area contributed by atoms with Crippen LogP contribution in [0.4, 0.5) is 8.78 Å². The number of halogens is 2. The molecule has 1 aliphatic rings. The molecule has 0 amide bonds. The van der Waals surface area contributed by atoms with Gasteiger partial charge in [0.2, 0.25) is 0 Å². The number of ketones is 1. The lowest BCUT2D eigenvalue weighted by Gasteiger charge is -2.25. The van der Waals surface area contributed by atoms with Crippen molar-refractivity contribution in [1.29, 1.82) is 0 Å². The number of fused-ring (bicyclic) bond motifs is 1. The second-order valence-electron chi connectivity index (χ2n) is 4.70. The second kappa shape index (κ2) is 5.04. The third-order valence-corrected chi connectivity index (χ3v) is 3.36. The largest absolute Gasteiger partial charge is 0.484 e. The molecule has 0 radical (unpaired) electrons. The minimum Gasteiger partial charge on any atom is -0.484 e. The third-order valence-electron chi connectivity index (χ3n) is 3.36. The number of para-hydroxylation sites is 1. The summed E-state index contributed by atoms with van der Waals surface area (Å²) >= 11 is 0. The molecule has 4 heteroatoms. The zero-order valence-corrected chi connectivity index (χ0v) is 10.6. The van der Waals surface area contributed by atoms with Crippen molar-refractivity contribution in [1.82, 2.24) is 0 Å². The van der Waals surface area contributed by atoms with E-state index >= 15 is 0 Å². The summed E-state index contributed by atoms with van der Waals surface area (Å²) < 4.78 is 31.2. The second-order valence-corrected chi connectivity index (χ2v) is 4.70. The van der Waals surface area contributed by atoms with Crippen LogP contribution < -0.4 is 4.74 Å². The van der Waals surface area contributed by atoms with Crippen LogP contribution in [0.15, 0.2) is 48.5 Å². The lowest BCUT2D eigenvalue weighted by atomic mass is 9.95. The summed E-state index contributed by atoms with van der Waals surface area (Å²) in [5, 5.41) is 0. The topological polar surface area (TPSA) is 26.3 Å². The van der Waals surface area contributed by atoms with Gasteiger partial charge in [-0.05, 0) is 23.8 Å². The van der Waals surface area contributed by atoms with E-state index in [1.807, 2.05) is 0 Å². The molecular formula is C16H12F2O2. The molecule has 3 rings (SSSR count). The summed E-state index contributed by atoms with van der Waals surface area (Å²) in [5.74, 6) is 0.482. The molecule has 0 aliphatic carbocycles. The van der Waals surface area contributed by atoms with Crippen molar-refractivity contribution in [2.24, 2.45) is 0 Å². The molecule has 20 heavy (non-hydrogen) atoms. The SMILES string of the molecule is O=C1CC(c2cccc(C(F)F)c2)Oc2ccccc21. The molecule has 2 aromatic rings. The quantitative estimate of drug-likeness (QED) is 0.814. The Morgan fingerprint density at radius 3 is 2.70 bits per heavy atom. The Hall–Kier alpha value is -2.23. The van der Waals surface area contributed by atoms with Gasteiger partial charge in [0.05, 0.1) is 12.0 Å². The average molecular weight is 274 g/mol. The van der Waals surface area contributed by atoms with Crippen LogP contribution in [0.2, 0.25) is 0 Å². The first-order chi connectivity index (χ1) is 9.65. The van der Waals surface area contributed by atoms with E-state index in [4.69, 9.17) is 4.74 Å². The van der Waals surface area contributed by atoms with Crippen molar-refractivity contribution >= 4 is 5.78 Å². The number of benzene rings is 2. The Bertz CT molecular complexity index is 652. The molecule has 2 nitrogen and oxygen atoms in total. The highest BCUT2D eigenvalue weighted by molar-refractivity contribution is 5.99. The molecule has 1 unspecified atom stereocenters. The van der Waals surface area contributed by atoms with E-state index in [2.05, 4.69) is 0 Å². The van der Waals surface area contributed by atoms with Gasteiger partial charge in [0.15, 0.2) is 5.78 Å². The van der Waals surface area contributed by atoms with Crippen LogP contribution in [-0.2, 0) is 0 Å². The molecule has 0 bridgehead atoms. The number of hydrogen-bond acceptors (Lipinski definition) is 2. The van der Waals surface area contributed by atoms with Crippen LogP contribution in [0, 0.1) is 0 Å². The summed E-state index contributed by atoms with van der Waals surface area (Å²) in [6.45, 7) is 0. The van der Waals surface area contributed by atoms with Gasteiger partial charge in [-0.3, -0.25) is 4.79 Å². The third kappa shape index (κ3) is 2.29. The first-order valence-corrected chi connectivity index (χ1v) is 6.32. The Balaban J connectivity index is 1.94. The van der Waals surface area contributed by atoms with E-state index in [-0.39, 0.29) is 17.8 Å².